The molecule has 25 heavy (non-hydrogen) atoms. The fraction of sp³-hybridized carbons (Fsp3) is 0.353. The van der Waals surface area contributed by atoms with Crippen molar-refractivity contribution in [3.8, 4) is 0 Å². The average molecular weight is 472 g/mol. The number of benzene rings is 1. The molecule has 0 amide bonds. The van der Waals surface area contributed by atoms with E-state index < -0.39 is 0 Å². The number of aryl methyl sites for hydroxylation is 1. The molecule has 0 aliphatic rings. The van der Waals surface area contributed by atoms with E-state index in [1.165, 1.54) is 4.90 Å². The largest absolute Gasteiger partial charge is 0.356 e. The Labute approximate surface area is 170 Å². The Morgan fingerprint density at radius 3 is 2.68 bits per heavy atom. The molecule has 0 saturated carbocycles. The molecule has 0 bridgehead atoms. The van der Waals surface area contributed by atoms with E-state index in [0.29, 0.717) is 13.1 Å². The van der Waals surface area contributed by atoms with E-state index in [2.05, 4.69) is 56.7 Å². The van der Waals surface area contributed by atoms with Gasteiger partial charge in [-0.3, -0.25) is 0 Å². The van der Waals surface area contributed by atoms with Crippen LogP contribution in [0.5, 0.6) is 0 Å². The molecule has 0 radical (unpaired) electrons. The highest BCUT2D eigenvalue weighted by atomic mass is 127. The minimum atomic E-state index is 0. The molecular weight excluding hydrogens is 447 g/mol. The van der Waals surface area contributed by atoms with Crippen LogP contribution in [0.4, 0.5) is 0 Å². The molecule has 2 aromatic rings. The number of nitrogens with zero attached hydrogens (tertiary/aromatic N) is 4. The number of halogens is 1. The van der Waals surface area contributed by atoms with Gasteiger partial charge in [0.15, 0.2) is 11.8 Å². The molecule has 0 unspecified atom stereocenters. The summed E-state index contributed by atoms with van der Waals surface area (Å²) in [6.07, 6.45) is 1.81. The van der Waals surface area contributed by atoms with Gasteiger partial charge in [-0.15, -0.1) is 52.5 Å². The molecular formula is C17H25IN6S. The van der Waals surface area contributed by atoms with Crippen LogP contribution in [0, 0.1) is 6.92 Å². The van der Waals surface area contributed by atoms with E-state index in [1.54, 1.807) is 0 Å². The van der Waals surface area contributed by atoms with Gasteiger partial charge in [0.05, 0.1) is 0 Å². The van der Waals surface area contributed by atoms with Gasteiger partial charge in [-0.1, -0.05) is 24.3 Å². The SMILES string of the molecule is C=CCNC(=NCc1nnc(C)n1C)NCCSc1ccccc1.I. The van der Waals surface area contributed by atoms with Crippen LogP contribution in [0.3, 0.4) is 0 Å². The first-order chi connectivity index (χ1) is 11.7. The van der Waals surface area contributed by atoms with Crippen molar-refractivity contribution in [3.63, 3.8) is 0 Å². The van der Waals surface area contributed by atoms with E-state index in [9.17, 15) is 0 Å². The molecule has 0 aliphatic heterocycles. The summed E-state index contributed by atoms with van der Waals surface area (Å²) in [6, 6.07) is 10.4. The van der Waals surface area contributed by atoms with E-state index in [1.807, 2.05) is 42.4 Å². The minimum Gasteiger partial charge on any atom is -0.356 e. The van der Waals surface area contributed by atoms with Crippen molar-refractivity contribution in [1.29, 1.82) is 0 Å². The van der Waals surface area contributed by atoms with E-state index in [4.69, 9.17) is 0 Å². The van der Waals surface area contributed by atoms with Crippen molar-refractivity contribution in [2.24, 2.45) is 12.0 Å². The molecule has 1 aromatic carbocycles. The fourth-order valence-corrected chi connectivity index (χ4v) is 2.73. The Morgan fingerprint density at radius 1 is 1.28 bits per heavy atom. The van der Waals surface area contributed by atoms with Crippen molar-refractivity contribution in [3.05, 3.63) is 54.6 Å². The Morgan fingerprint density at radius 2 is 2.04 bits per heavy atom. The Balaban J connectivity index is 0.00000312. The summed E-state index contributed by atoms with van der Waals surface area (Å²) in [7, 11) is 1.95. The molecule has 6 nitrogen and oxygen atoms in total. The zero-order valence-corrected chi connectivity index (χ0v) is 17.8. The first-order valence-electron chi connectivity index (χ1n) is 7.86. The van der Waals surface area contributed by atoms with Gasteiger partial charge in [0.25, 0.3) is 0 Å². The van der Waals surface area contributed by atoms with Crippen LogP contribution < -0.4 is 10.6 Å². The summed E-state index contributed by atoms with van der Waals surface area (Å²) in [5, 5.41) is 14.7. The smallest absolute Gasteiger partial charge is 0.191 e. The van der Waals surface area contributed by atoms with Crippen LogP contribution in [0.1, 0.15) is 11.6 Å². The number of rotatable bonds is 8. The lowest BCUT2D eigenvalue weighted by Crippen LogP contribution is -2.38. The minimum absolute atomic E-state index is 0. The summed E-state index contributed by atoms with van der Waals surface area (Å²) >= 11 is 1.81. The highest BCUT2D eigenvalue weighted by Gasteiger charge is 2.04. The van der Waals surface area contributed by atoms with Crippen molar-refractivity contribution < 1.29 is 0 Å². The number of guanidine groups is 1. The van der Waals surface area contributed by atoms with Gasteiger partial charge in [0.1, 0.15) is 12.4 Å². The second-order valence-electron chi connectivity index (χ2n) is 5.15. The van der Waals surface area contributed by atoms with E-state index in [-0.39, 0.29) is 24.0 Å². The molecule has 2 rings (SSSR count). The zero-order chi connectivity index (χ0) is 17.2. The van der Waals surface area contributed by atoms with Crippen molar-refractivity contribution in [2.75, 3.05) is 18.8 Å². The number of aliphatic imine (C=N–C) groups is 1. The highest BCUT2D eigenvalue weighted by molar-refractivity contribution is 14.0. The number of hydrogen-bond acceptors (Lipinski definition) is 4. The van der Waals surface area contributed by atoms with Crippen LogP contribution in [0.15, 0.2) is 52.9 Å². The molecule has 0 saturated heterocycles. The predicted octanol–water partition coefficient (Wildman–Crippen LogP) is 2.76. The predicted molar refractivity (Wildman–Crippen MR) is 116 cm³/mol. The van der Waals surface area contributed by atoms with Crippen LogP contribution in [0.2, 0.25) is 0 Å². The summed E-state index contributed by atoms with van der Waals surface area (Å²) in [6.45, 7) is 7.62. The number of hydrogen-bond donors (Lipinski definition) is 2. The van der Waals surface area contributed by atoms with Crippen molar-refractivity contribution in [2.45, 2.75) is 18.4 Å². The van der Waals surface area contributed by atoms with E-state index >= 15 is 0 Å². The summed E-state index contributed by atoms with van der Waals surface area (Å²) in [4.78, 5) is 5.83. The van der Waals surface area contributed by atoms with Crippen molar-refractivity contribution >= 4 is 41.7 Å². The first kappa shape index (κ1) is 21.5. The lowest BCUT2D eigenvalue weighted by molar-refractivity contribution is 0.763. The van der Waals surface area contributed by atoms with Gasteiger partial charge in [-0.2, -0.15) is 0 Å². The van der Waals surface area contributed by atoms with Gasteiger partial charge in [-0.25, -0.2) is 4.99 Å². The van der Waals surface area contributed by atoms with E-state index in [0.717, 1.165) is 29.9 Å². The first-order valence-corrected chi connectivity index (χ1v) is 8.85. The van der Waals surface area contributed by atoms with Crippen LogP contribution >= 0.6 is 35.7 Å². The monoisotopic (exact) mass is 472 g/mol. The third-order valence-corrected chi connectivity index (χ3v) is 4.40. The van der Waals surface area contributed by atoms with Gasteiger partial charge in [0.2, 0.25) is 0 Å². The van der Waals surface area contributed by atoms with Crippen LogP contribution in [0.25, 0.3) is 0 Å². The molecule has 0 atom stereocenters. The molecule has 0 aliphatic carbocycles. The third-order valence-electron chi connectivity index (χ3n) is 3.38. The Bertz CT molecular complexity index is 671. The quantitative estimate of drug-likeness (QED) is 0.155. The van der Waals surface area contributed by atoms with Crippen LogP contribution in [-0.4, -0.2) is 39.6 Å². The normalized spacial score (nSPS) is 10.9. The molecule has 136 valence electrons. The maximum Gasteiger partial charge on any atom is 0.191 e. The molecule has 1 heterocycles. The lowest BCUT2D eigenvalue weighted by atomic mass is 10.4. The zero-order valence-electron chi connectivity index (χ0n) is 14.6. The standard InChI is InChI=1S/C17H24N6S.HI/c1-4-10-18-17(20-13-16-22-21-14(2)23(16)3)19-11-12-24-15-8-6-5-7-9-15;/h4-9H,1,10-13H2,2-3H3,(H2,18,19,20);1H. The third kappa shape index (κ3) is 7.47. The number of thioether (sulfide) groups is 1. The van der Waals surface area contributed by atoms with Crippen LogP contribution in [-0.2, 0) is 13.6 Å². The molecule has 0 fully saturated rings. The Kier molecular flexibility index (Phi) is 10.2. The summed E-state index contributed by atoms with van der Waals surface area (Å²) < 4.78 is 1.94. The van der Waals surface area contributed by atoms with Gasteiger partial charge in [-0.05, 0) is 19.1 Å². The highest BCUT2D eigenvalue weighted by Crippen LogP contribution is 2.15. The fourth-order valence-electron chi connectivity index (χ4n) is 1.94. The van der Waals surface area contributed by atoms with Gasteiger partial charge >= 0.3 is 0 Å². The maximum atomic E-state index is 4.56. The second kappa shape index (κ2) is 11.9. The average Bonchev–Trinajstić information content (AvgIpc) is 2.93. The lowest BCUT2D eigenvalue weighted by Gasteiger charge is -2.11. The summed E-state index contributed by atoms with van der Waals surface area (Å²) in [5.41, 5.74) is 0. The molecule has 1 aromatic heterocycles. The molecule has 0 spiro atoms. The summed E-state index contributed by atoms with van der Waals surface area (Å²) in [5.74, 6) is 3.44. The van der Waals surface area contributed by atoms with Gasteiger partial charge < -0.3 is 15.2 Å². The molecule has 8 heteroatoms. The maximum absolute atomic E-state index is 4.56. The number of nitrogens with one attached hydrogen (secondary N) is 2. The molecule has 2 N–H and O–H groups in total. The number of aromatic nitrogens is 3. The van der Waals surface area contributed by atoms with Gasteiger partial charge in [0, 0.05) is 30.8 Å². The van der Waals surface area contributed by atoms with Crippen molar-refractivity contribution in [1.82, 2.24) is 25.4 Å². The second-order valence-corrected chi connectivity index (χ2v) is 6.31. The Hall–Kier alpha value is -1.55. The topological polar surface area (TPSA) is 67.1 Å².